The largest absolute Gasteiger partial charge is 0.296 e. The second kappa shape index (κ2) is 7.47. The summed E-state index contributed by atoms with van der Waals surface area (Å²) in [5, 5.41) is 8.57. The van der Waals surface area contributed by atoms with E-state index in [2.05, 4.69) is 35.7 Å². The summed E-state index contributed by atoms with van der Waals surface area (Å²) in [5.74, 6) is -0.984. The lowest BCUT2D eigenvalue weighted by Gasteiger charge is -2.31. The van der Waals surface area contributed by atoms with E-state index in [1.165, 1.54) is 0 Å². The van der Waals surface area contributed by atoms with Gasteiger partial charge in [0.15, 0.2) is 5.78 Å². The number of nitrogens with one attached hydrogen (secondary N) is 3. The Morgan fingerprint density at radius 2 is 1.24 bits per heavy atom. The quantitative estimate of drug-likeness (QED) is 0.398. The van der Waals surface area contributed by atoms with Crippen LogP contribution in [-0.4, -0.2) is 54.0 Å². The molecule has 0 amide bonds. The van der Waals surface area contributed by atoms with Gasteiger partial charge in [-0.25, -0.2) is 25.3 Å². The van der Waals surface area contributed by atoms with Crippen LogP contribution in [0.2, 0.25) is 0 Å². The Morgan fingerprint density at radius 3 is 1.56 bits per heavy atom. The summed E-state index contributed by atoms with van der Waals surface area (Å²) in [6.45, 7) is 9.27. The summed E-state index contributed by atoms with van der Waals surface area (Å²) in [7, 11) is -15.1. The Labute approximate surface area is 146 Å². The topological polar surface area (TPSA) is 156 Å². The van der Waals surface area contributed by atoms with Crippen LogP contribution in [0.25, 0.3) is 0 Å². The molecule has 25 heavy (non-hydrogen) atoms. The van der Waals surface area contributed by atoms with E-state index in [1.807, 2.05) is 0 Å². The summed E-state index contributed by atoms with van der Waals surface area (Å²) in [5.41, 5.74) is 0. The van der Waals surface area contributed by atoms with Crippen molar-refractivity contribution in [2.24, 2.45) is 0 Å². The van der Waals surface area contributed by atoms with Crippen LogP contribution in [0.4, 0.5) is 0 Å². The number of ketones is 1. The van der Waals surface area contributed by atoms with Crippen LogP contribution in [-0.2, 0) is 34.3 Å². The standard InChI is InChI=1S/C12H19N3O7S3/c1-4-23(17,18)12(24(19,20)5-2,25(21,22)6-3)7-10(16)11-14-8-13-9-15-11/h4-6,11,13-15H,1-3,7-9H2. The van der Waals surface area contributed by atoms with Crippen LogP contribution in [0.3, 0.4) is 0 Å². The molecule has 0 aromatic carbocycles. The van der Waals surface area contributed by atoms with Crippen molar-refractivity contribution in [2.45, 2.75) is 16.0 Å². The second-order valence-electron chi connectivity index (χ2n) is 4.91. The molecule has 0 unspecified atom stereocenters. The first-order valence-electron chi connectivity index (χ1n) is 6.74. The molecule has 0 bridgehead atoms. The zero-order valence-corrected chi connectivity index (χ0v) is 15.6. The number of hydrogen-bond donors (Lipinski definition) is 3. The average molecular weight is 413 g/mol. The van der Waals surface area contributed by atoms with Gasteiger partial charge in [-0.05, 0) is 0 Å². The molecule has 0 saturated carbocycles. The van der Waals surface area contributed by atoms with Crippen molar-refractivity contribution >= 4 is 35.3 Å². The molecule has 1 rings (SSSR count). The molecular weight excluding hydrogens is 394 g/mol. The Bertz CT molecular complexity index is 789. The smallest absolute Gasteiger partial charge is 0.290 e. The van der Waals surface area contributed by atoms with Crippen molar-refractivity contribution < 1.29 is 30.0 Å². The SMILES string of the molecule is C=CS(=O)(=O)C(CC(=O)C1NCNCN1)(S(=O)(=O)C=C)S(=O)(=O)C=C. The van der Waals surface area contributed by atoms with E-state index >= 15 is 0 Å². The highest BCUT2D eigenvalue weighted by molar-refractivity contribution is 8.28. The van der Waals surface area contributed by atoms with E-state index < -0.39 is 51.3 Å². The van der Waals surface area contributed by atoms with Gasteiger partial charge in [-0.3, -0.25) is 20.7 Å². The summed E-state index contributed by atoms with van der Waals surface area (Å²) in [4.78, 5) is 12.5. The third-order valence-corrected chi connectivity index (χ3v) is 12.1. The summed E-state index contributed by atoms with van der Waals surface area (Å²) >= 11 is 0. The van der Waals surface area contributed by atoms with Crippen LogP contribution in [0.5, 0.6) is 0 Å². The van der Waals surface area contributed by atoms with E-state index in [0.717, 1.165) is 0 Å². The fraction of sp³-hybridized carbons (Fsp3) is 0.417. The van der Waals surface area contributed by atoms with Gasteiger partial charge in [-0.2, -0.15) is 0 Å². The van der Waals surface area contributed by atoms with Gasteiger partial charge in [0.05, 0.1) is 6.42 Å². The molecule has 1 aliphatic rings. The van der Waals surface area contributed by atoms with Gasteiger partial charge in [0, 0.05) is 29.6 Å². The fourth-order valence-electron chi connectivity index (χ4n) is 2.19. The molecule has 0 aliphatic carbocycles. The maximum Gasteiger partial charge on any atom is 0.290 e. The van der Waals surface area contributed by atoms with Gasteiger partial charge >= 0.3 is 0 Å². The molecule has 1 aliphatic heterocycles. The van der Waals surface area contributed by atoms with Gasteiger partial charge in [-0.15, -0.1) is 0 Å². The van der Waals surface area contributed by atoms with Crippen LogP contribution in [0.1, 0.15) is 6.42 Å². The molecule has 0 spiro atoms. The van der Waals surface area contributed by atoms with Gasteiger partial charge < -0.3 is 0 Å². The van der Waals surface area contributed by atoms with E-state index in [0.29, 0.717) is 0 Å². The molecule has 13 heteroatoms. The monoisotopic (exact) mass is 413 g/mol. The van der Waals surface area contributed by atoms with E-state index in [1.54, 1.807) is 0 Å². The van der Waals surface area contributed by atoms with Crippen molar-refractivity contribution in [2.75, 3.05) is 13.3 Å². The molecule has 0 aromatic heterocycles. The molecule has 0 aromatic rings. The van der Waals surface area contributed by atoms with Crippen LogP contribution in [0, 0.1) is 0 Å². The van der Waals surface area contributed by atoms with Gasteiger partial charge in [0.25, 0.3) is 3.41 Å². The van der Waals surface area contributed by atoms with Gasteiger partial charge in [0.1, 0.15) is 6.17 Å². The highest BCUT2D eigenvalue weighted by atomic mass is 32.3. The molecule has 1 fully saturated rings. The van der Waals surface area contributed by atoms with Gasteiger partial charge in [-0.1, -0.05) is 19.7 Å². The lowest BCUT2D eigenvalue weighted by atomic mass is 10.2. The van der Waals surface area contributed by atoms with Crippen LogP contribution < -0.4 is 16.0 Å². The van der Waals surface area contributed by atoms with E-state index in [-0.39, 0.29) is 29.6 Å². The minimum atomic E-state index is -5.04. The van der Waals surface area contributed by atoms with Crippen molar-refractivity contribution in [3.63, 3.8) is 0 Å². The molecule has 3 N–H and O–H groups in total. The Morgan fingerprint density at radius 1 is 0.880 bits per heavy atom. The number of rotatable bonds is 9. The lowest BCUT2D eigenvalue weighted by Crippen LogP contribution is -2.61. The number of carbonyl (C=O) groups excluding carboxylic acids is 1. The first-order chi connectivity index (χ1) is 11.4. The zero-order chi connectivity index (χ0) is 19.5. The molecule has 1 heterocycles. The molecule has 0 radical (unpaired) electrons. The summed E-state index contributed by atoms with van der Waals surface area (Å²) < 4.78 is 71.3. The molecule has 10 nitrogen and oxygen atoms in total. The first kappa shape index (κ1) is 21.7. The maximum atomic E-state index is 12.5. The zero-order valence-electron chi connectivity index (χ0n) is 13.1. The fourth-order valence-corrected chi connectivity index (χ4v) is 9.10. The predicted molar refractivity (Wildman–Crippen MR) is 92.6 cm³/mol. The number of sulfone groups is 3. The second-order valence-corrected chi connectivity index (χ2v) is 12.0. The predicted octanol–water partition coefficient (Wildman–Crippen LogP) is -1.70. The van der Waals surface area contributed by atoms with E-state index in [4.69, 9.17) is 0 Å². The minimum absolute atomic E-state index is 0.174. The summed E-state index contributed by atoms with van der Waals surface area (Å²) in [6.07, 6.45) is -2.50. The Hall–Kier alpha value is -1.38. The molecular formula is C12H19N3O7S3. The lowest BCUT2D eigenvalue weighted by molar-refractivity contribution is -0.122. The van der Waals surface area contributed by atoms with Crippen molar-refractivity contribution in [3.05, 3.63) is 36.0 Å². The van der Waals surface area contributed by atoms with Crippen LogP contribution >= 0.6 is 0 Å². The van der Waals surface area contributed by atoms with Crippen molar-refractivity contribution in [1.82, 2.24) is 16.0 Å². The number of Topliss-reactive ketones (excluding diaryl/α,β-unsaturated/α-hetero) is 1. The summed E-state index contributed by atoms with van der Waals surface area (Å²) in [6, 6.07) is 0. The third-order valence-electron chi connectivity index (χ3n) is 3.53. The molecule has 0 atom stereocenters. The molecule has 1 saturated heterocycles. The van der Waals surface area contributed by atoms with Gasteiger partial charge in [0.2, 0.25) is 29.5 Å². The van der Waals surface area contributed by atoms with E-state index in [9.17, 15) is 30.0 Å². The Kier molecular flexibility index (Phi) is 6.47. The highest BCUT2D eigenvalue weighted by Crippen LogP contribution is 2.38. The first-order valence-corrected chi connectivity index (χ1v) is 11.4. The maximum absolute atomic E-state index is 12.5. The highest BCUT2D eigenvalue weighted by Gasteiger charge is 2.63. The molecule has 142 valence electrons. The number of hydrogen-bond acceptors (Lipinski definition) is 10. The third kappa shape index (κ3) is 3.61. The Balaban J connectivity index is 3.72. The average Bonchev–Trinajstić information content (AvgIpc) is 2.59. The van der Waals surface area contributed by atoms with Crippen molar-refractivity contribution in [1.29, 1.82) is 0 Å². The van der Waals surface area contributed by atoms with Crippen molar-refractivity contribution in [3.8, 4) is 0 Å². The normalized spacial score (nSPS) is 17.6. The number of carbonyl (C=O) groups is 1. The minimum Gasteiger partial charge on any atom is -0.296 e. The van der Waals surface area contributed by atoms with Crippen LogP contribution in [0.15, 0.2) is 36.0 Å².